The van der Waals surface area contributed by atoms with Gasteiger partial charge in [0.15, 0.2) is 4.77 Å². The first-order valence-electron chi connectivity index (χ1n) is 9.04. The SMILES string of the molecule is Cc1ccc(NC(=O)C2CCN(Cn3ncn(C(C)C)c3=S)CC2)nc1. The number of aromatic nitrogens is 4. The molecule has 0 unspecified atom stereocenters. The van der Waals surface area contributed by atoms with Crippen LogP contribution in [0.15, 0.2) is 24.7 Å². The summed E-state index contributed by atoms with van der Waals surface area (Å²) in [4.78, 5) is 19.0. The summed E-state index contributed by atoms with van der Waals surface area (Å²) in [6.07, 6.45) is 5.21. The third kappa shape index (κ3) is 4.37. The molecule has 1 saturated heterocycles. The molecule has 1 fully saturated rings. The molecule has 3 heterocycles. The van der Waals surface area contributed by atoms with Gasteiger partial charge in [-0.1, -0.05) is 6.07 Å². The van der Waals surface area contributed by atoms with E-state index >= 15 is 0 Å². The van der Waals surface area contributed by atoms with E-state index in [-0.39, 0.29) is 11.8 Å². The maximum atomic E-state index is 12.4. The minimum absolute atomic E-state index is 0.0237. The van der Waals surface area contributed by atoms with Crippen molar-refractivity contribution in [3.63, 3.8) is 0 Å². The van der Waals surface area contributed by atoms with Crippen molar-refractivity contribution in [1.82, 2.24) is 24.2 Å². The molecule has 0 radical (unpaired) electrons. The average Bonchev–Trinajstić information content (AvgIpc) is 2.98. The van der Waals surface area contributed by atoms with Crippen molar-refractivity contribution in [2.75, 3.05) is 18.4 Å². The number of piperidine rings is 1. The molecule has 0 aromatic carbocycles. The van der Waals surface area contributed by atoms with Crippen LogP contribution in [0, 0.1) is 17.6 Å². The van der Waals surface area contributed by atoms with E-state index in [1.54, 1.807) is 12.5 Å². The molecule has 1 aliphatic rings. The molecule has 0 saturated carbocycles. The fourth-order valence-electron chi connectivity index (χ4n) is 3.10. The Bertz CT molecular complexity index is 802. The van der Waals surface area contributed by atoms with E-state index in [1.807, 2.05) is 28.3 Å². The maximum absolute atomic E-state index is 12.4. The second-order valence-corrected chi connectivity index (χ2v) is 7.52. The molecule has 7 nitrogen and oxygen atoms in total. The highest BCUT2D eigenvalue weighted by Crippen LogP contribution is 2.20. The monoisotopic (exact) mass is 374 g/mol. The number of aryl methyl sites for hydroxylation is 1. The molecule has 26 heavy (non-hydrogen) atoms. The van der Waals surface area contributed by atoms with Gasteiger partial charge in [0, 0.05) is 31.2 Å². The lowest BCUT2D eigenvalue weighted by molar-refractivity contribution is -0.121. The van der Waals surface area contributed by atoms with Gasteiger partial charge < -0.3 is 9.88 Å². The highest BCUT2D eigenvalue weighted by Gasteiger charge is 2.25. The summed E-state index contributed by atoms with van der Waals surface area (Å²) in [5.74, 6) is 0.700. The zero-order chi connectivity index (χ0) is 18.7. The molecule has 3 rings (SSSR count). The minimum Gasteiger partial charge on any atom is -0.310 e. The van der Waals surface area contributed by atoms with Gasteiger partial charge in [0.25, 0.3) is 0 Å². The van der Waals surface area contributed by atoms with Crippen LogP contribution in [0.4, 0.5) is 5.82 Å². The first-order chi connectivity index (χ1) is 12.4. The summed E-state index contributed by atoms with van der Waals surface area (Å²) in [7, 11) is 0. The van der Waals surface area contributed by atoms with E-state index in [9.17, 15) is 4.79 Å². The fraction of sp³-hybridized carbons (Fsp3) is 0.556. The number of carbonyl (C=O) groups excluding carboxylic acids is 1. The predicted molar refractivity (Wildman–Crippen MR) is 103 cm³/mol. The Morgan fingerprint density at radius 2 is 2.08 bits per heavy atom. The van der Waals surface area contributed by atoms with Gasteiger partial charge in [0.2, 0.25) is 5.91 Å². The van der Waals surface area contributed by atoms with Gasteiger partial charge >= 0.3 is 0 Å². The smallest absolute Gasteiger partial charge is 0.228 e. The lowest BCUT2D eigenvalue weighted by atomic mass is 9.96. The number of anilines is 1. The number of rotatable bonds is 5. The molecular weight excluding hydrogens is 348 g/mol. The standard InChI is InChI=1S/C18H26N6OS/c1-13(2)23-11-20-24(18(23)26)12-22-8-6-15(7-9-22)17(25)21-16-5-4-14(3)10-19-16/h4-5,10-11,13,15H,6-9,12H2,1-3H3,(H,19,21,25). The normalized spacial score (nSPS) is 16.2. The first kappa shape index (κ1) is 18.7. The van der Waals surface area contributed by atoms with Crippen LogP contribution in [0.3, 0.4) is 0 Å². The number of likely N-dealkylation sites (tertiary alicyclic amines) is 1. The molecule has 0 spiro atoms. The molecule has 1 N–H and O–H groups in total. The van der Waals surface area contributed by atoms with Crippen molar-refractivity contribution < 1.29 is 4.79 Å². The second kappa shape index (κ2) is 8.09. The van der Waals surface area contributed by atoms with Crippen LogP contribution in [0.25, 0.3) is 0 Å². The number of pyridine rings is 1. The van der Waals surface area contributed by atoms with Gasteiger partial charge in [-0.15, -0.1) is 0 Å². The molecule has 2 aromatic rings. The van der Waals surface area contributed by atoms with Crippen molar-refractivity contribution in [3.05, 3.63) is 35.0 Å². The van der Waals surface area contributed by atoms with E-state index in [0.29, 0.717) is 18.5 Å². The van der Waals surface area contributed by atoms with Crippen LogP contribution in [0.1, 0.15) is 38.3 Å². The zero-order valence-corrected chi connectivity index (χ0v) is 16.4. The van der Waals surface area contributed by atoms with Gasteiger partial charge in [0.05, 0.1) is 6.67 Å². The van der Waals surface area contributed by atoms with E-state index < -0.39 is 0 Å². The maximum Gasteiger partial charge on any atom is 0.228 e. The third-order valence-electron chi connectivity index (χ3n) is 4.77. The molecule has 8 heteroatoms. The topological polar surface area (TPSA) is 68.0 Å². The highest BCUT2D eigenvalue weighted by molar-refractivity contribution is 7.71. The van der Waals surface area contributed by atoms with Crippen LogP contribution < -0.4 is 5.32 Å². The minimum atomic E-state index is 0.0237. The lowest BCUT2D eigenvalue weighted by Gasteiger charge is -2.30. The van der Waals surface area contributed by atoms with Crippen LogP contribution in [-0.2, 0) is 11.5 Å². The number of nitrogens with one attached hydrogen (secondary N) is 1. The van der Waals surface area contributed by atoms with Crippen LogP contribution >= 0.6 is 12.2 Å². The molecule has 0 aliphatic carbocycles. The Labute approximate surface area is 159 Å². The Balaban J connectivity index is 1.51. The van der Waals surface area contributed by atoms with Gasteiger partial charge in [-0.05, 0) is 57.5 Å². The largest absolute Gasteiger partial charge is 0.310 e. The van der Waals surface area contributed by atoms with Crippen LogP contribution in [0.2, 0.25) is 0 Å². The highest BCUT2D eigenvalue weighted by atomic mass is 32.1. The van der Waals surface area contributed by atoms with E-state index in [0.717, 1.165) is 36.3 Å². The number of hydrogen-bond acceptors (Lipinski definition) is 5. The second-order valence-electron chi connectivity index (χ2n) is 7.16. The Morgan fingerprint density at radius 3 is 2.65 bits per heavy atom. The average molecular weight is 375 g/mol. The van der Waals surface area contributed by atoms with E-state index in [1.165, 1.54) is 0 Å². The van der Waals surface area contributed by atoms with Crippen LogP contribution in [-0.4, -0.2) is 43.2 Å². The fourth-order valence-corrected chi connectivity index (χ4v) is 3.46. The van der Waals surface area contributed by atoms with Crippen molar-refractivity contribution >= 4 is 23.9 Å². The molecule has 1 aliphatic heterocycles. The molecule has 0 bridgehead atoms. The van der Waals surface area contributed by atoms with E-state index in [4.69, 9.17) is 12.2 Å². The quantitative estimate of drug-likeness (QED) is 0.815. The molecule has 0 atom stereocenters. The van der Waals surface area contributed by atoms with E-state index in [2.05, 4.69) is 34.1 Å². The lowest BCUT2D eigenvalue weighted by Crippen LogP contribution is -2.39. The van der Waals surface area contributed by atoms with Gasteiger partial charge in [-0.2, -0.15) is 5.10 Å². The Hall–Kier alpha value is -2.06. The Morgan fingerprint density at radius 1 is 1.35 bits per heavy atom. The summed E-state index contributed by atoms with van der Waals surface area (Å²) in [6, 6.07) is 4.10. The molecular formula is C18H26N6OS. The van der Waals surface area contributed by atoms with Crippen molar-refractivity contribution in [3.8, 4) is 0 Å². The number of amides is 1. The number of carbonyl (C=O) groups is 1. The summed E-state index contributed by atoms with van der Waals surface area (Å²) in [6.45, 7) is 8.55. The van der Waals surface area contributed by atoms with Crippen LogP contribution in [0.5, 0.6) is 0 Å². The number of nitrogens with zero attached hydrogens (tertiary/aromatic N) is 5. The number of hydrogen-bond donors (Lipinski definition) is 1. The van der Waals surface area contributed by atoms with Gasteiger partial charge in [-0.25, -0.2) is 9.67 Å². The molecule has 1 amide bonds. The first-order valence-corrected chi connectivity index (χ1v) is 9.44. The predicted octanol–water partition coefficient (Wildman–Crippen LogP) is 3.01. The summed E-state index contributed by atoms with van der Waals surface area (Å²) in [5.41, 5.74) is 1.08. The zero-order valence-electron chi connectivity index (χ0n) is 15.6. The van der Waals surface area contributed by atoms with Gasteiger partial charge in [0.1, 0.15) is 12.1 Å². The molecule has 2 aromatic heterocycles. The van der Waals surface area contributed by atoms with Gasteiger partial charge in [-0.3, -0.25) is 9.69 Å². The third-order valence-corrected chi connectivity index (χ3v) is 5.19. The van der Waals surface area contributed by atoms with Crippen molar-refractivity contribution in [1.29, 1.82) is 0 Å². The summed E-state index contributed by atoms with van der Waals surface area (Å²) < 4.78 is 4.58. The summed E-state index contributed by atoms with van der Waals surface area (Å²) >= 11 is 5.48. The van der Waals surface area contributed by atoms with Crippen molar-refractivity contribution in [2.24, 2.45) is 5.92 Å². The molecule has 140 valence electrons. The summed E-state index contributed by atoms with van der Waals surface area (Å²) in [5, 5.41) is 7.32. The van der Waals surface area contributed by atoms with Crippen molar-refractivity contribution in [2.45, 2.75) is 46.3 Å². The Kier molecular flexibility index (Phi) is 5.83.